The highest BCUT2D eigenvalue weighted by molar-refractivity contribution is 7.99. The van der Waals surface area contributed by atoms with Gasteiger partial charge in [0.2, 0.25) is 0 Å². The van der Waals surface area contributed by atoms with Gasteiger partial charge in [0.25, 0.3) is 0 Å². The molecule has 0 aromatic heterocycles. The van der Waals surface area contributed by atoms with Crippen LogP contribution in [0.25, 0.3) is 0 Å². The number of rotatable bonds is 8. The third-order valence-electron chi connectivity index (χ3n) is 2.67. The molecule has 1 unspecified atom stereocenters. The average molecular weight is 301 g/mol. The van der Waals surface area contributed by atoms with Gasteiger partial charge in [0.15, 0.2) is 9.84 Å². The van der Waals surface area contributed by atoms with E-state index in [4.69, 9.17) is 0 Å². The Balaban J connectivity index is 2.90. The summed E-state index contributed by atoms with van der Waals surface area (Å²) in [5.41, 5.74) is 0.722. The van der Waals surface area contributed by atoms with E-state index in [9.17, 15) is 8.42 Å². The summed E-state index contributed by atoms with van der Waals surface area (Å²) >= 11 is 1.85. The molecular weight excluding hydrogens is 278 g/mol. The van der Waals surface area contributed by atoms with Crippen LogP contribution in [0.5, 0.6) is 0 Å². The van der Waals surface area contributed by atoms with Gasteiger partial charge in [-0.2, -0.15) is 11.8 Å². The summed E-state index contributed by atoms with van der Waals surface area (Å²) in [5, 5.41) is 3.31. The van der Waals surface area contributed by atoms with Crippen LogP contribution in [0.15, 0.2) is 29.2 Å². The van der Waals surface area contributed by atoms with Crippen molar-refractivity contribution >= 4 is 27.3 Å². The smallest absolute Gasteiger partial charge is 0.180 e. The zero-order chi connectivity index (χ0) is 14.3. The van der Waals surface area contributed by atoms with E-state index in [2.05, 4.69) is 19.2 Å². The summed E-state index contributed by atoms with van der Waals surface area (Å²) in [4.78, 5) is 0.421. The van der Waals surface area contributed by atoms with Gasteiger partial charge >= 0.3 is 0 Å². The van der Waals surface area contributed by atoms with Crippen molar-refractivity contribution in [1.29, 1.82) is 0 Å². The second-order valence-corrected chi connectivity index (χ2v) is 7.92. The van der Waals surface area contributed by atoms with Gasteiger partial charge in [0.1, 0.15) is 0 Å². The summed E-state index contributed by atoms with van der Waals surface area (Å²) < 4.78 is 24.4. The SMILES string of the molecule is CCCS(=O)(=O)c1ccccc1NC(C)CSCC. The largest absolute Gasteiger partial charge is 0.381 e. The molecule has 1 aromatic carbocycles. The number of hydrogen-bond acceptors (Lipinski definition) is 4. The standard InChI is InChI=1S/C14H23NO2S2/c1-4-10-19(16,17)14-9-7-6-8-13(14)15-12(3)11-18-5-2/h6-9,12,15H,4-5,10-11H2,1-3H3. The van der Waals surface area contributed by atoms with Crippen LogP contribution < -0.4 is 5.32 Å². The van der Waals surface area contributed by atoms with Gasteiger partial charge in [0.05, 0.1) is 16.3 Å². The molecule has 0 bridgehead atoms. The molecule has 1 aromatic rings. The van der Waals surface area contributed by atoms with Crippen molar-refractivity contribution in [3.63, 3.8) is 0 Å². The van der Waals surface area contributed by atoms with Crippen molar-refractivity contribution in [2.45, 2.75) is 38.1 Å². The Labute approximate surface area is 121 Å². The molecule has 0 aliphatic carbocycles. The Morgan fingerprint density at radius 1 is 1.26 bits per heavy atom. The fourth-order valence-corrected chi connectivity index (χ4v) is 4.02. The quantitative estimate of drug-likeness (QED) is 0.799. The Kier molecular flexibility index (Phi) is 6.72. The zero-order valence-electron chi connectivity index (χ0n) is 11.8. The molecule has 0 saturated carbocycles. The minimum atomic E-state index is -3.18. The van der Waals surface area contributed by atoms with Crippen LogP contribution in [0.4, 0.5) is 5.69 Å². The molecular formula is C14H23NO2S2. The predicted molar refractivity (Wildman–Crippen MR) is 84.9 cm³/mol. The molecule has 0 aliphatic heterocycles. The van der Waals surface area contributed by atoms with E-state index in [1.165, 1.54) is 0 Å². The summed E-state index contributed by atoms with van der Waals surface area (Å²) in [7, 11) is -3.18. The predicted octanol–water partition coefficient (Wildman–Crippen LogP) is 3.42. The number of para-hydroxylation sites is 1. The maximum Gasteiger partial charge on any atom is 0.180 e. The van der Waals surface area contributed by atoms with Crippen molar-refractivity contribution in [1.82, 2.24) is 0 Å². The molecule has 0 aliphatic rings. The number of hydrogen-bond donors (Lipinski definition) is 1. The molecule has 1 N–H and O–H groups in total. The van der Waals surface area contributed by atoms with Crippen LogP contribution in [-0.2, 0) is 9.84 Å². The molecule has 0 radical (unpaired) electrons. The van der Waals surface area contributed by atoms with Crippen LogP contribution in [0.1, 0.15) is 27.2 Å². The minimum Gasteiger partial charge on any atom is -0.381 e. The van der Waals surface area contributed by atoms with E-state index in [0.29, 0.717) is 11.3 Å². The van der Waals surface area contributed by atoms with Crippen molar-refractivity contribution in [3.05, 3.63) is 24.3 Å². The van der Waals surface area contributed by atoms with Crippen molar-refractivity contribution in [3.8, 4) is 0 Å². The lowest BCUT2D eigenvalue weighted by Crippen LogP contribution is -2.20. The molecule has 0 amide bonds. The highest BCUT2D eigenvalue weighted by Gasteiger charge is 2.18. The van der Waals surface area contributed by atoms with Crippen LogP contribution in [-0.4, -0.2) is 31.7 Å². The molecule has 0 spiro atoms. The highest BCUT2D eigenvalue weighted by atomic mass is 32.2. The maximum absolute atomic E-state index is 12.2. The number of benzene rings is 1. The second-order valence-electron chi connectivity index (χ2n) is 4.52. The second kappa shape index (κ2) is 7.80. The van der Waals surface area contributed by atoms with E-state index >= 15 is 0 Å². The number of anilines is 1. The maximum atomic E-state index is 12.2. The van der Waals surface area contributed by atoms with E-state index in [1.807, 2.05) is 30.8 Å². The highest BCUT2D eigenvalue weighted by Crippen LogP contribution is 2.23. The third-order valence-corrected chi connectivity index (χ3v) is 5.78. The van der Waals surface area contributed by atoms with Gasteiger partial charge in [-0.1, -0.05) is 26.0 Å². The fraction of sp³-hybridized carbons (Fsp3) is 0.571. The molecule has 19 heavy (non-hydrogen) atoms. The Hall–Kier alpha value is -0.680. The molecule has 5 heteroatoms. The first-order chi connectivity index (χ1) is 9.01. The molecule has 0 fully saturated rings. The lowest BCUT2D eigenvalue weighted by atomic mass is 10.3. The van der Waals surface area contributed by atoms with Gasteiger partial charge in [-0.25, -0.2) is 8.42 Å². The molecule has 0 saturated heterocycles. The summed E-state index contributed by atoms with van der Waals surface area (Å²) in [6.07, 6.45) is 0.637. The van der Waals surface area contributed by atoms with E-state index in [-0.39, 0.29) is 11.8 Å². The molecule has 1 atom stereocenters. The first kappa shape index (κ1) is 16.4. The lowest BCUT2D eigenvalue weighted by molar-refractivity contribution is 0.595. The summed E-state index contributed by atoms with van der Waals surface area (Å²) in [6, 6.07) is 7.43. The first-order valence-corrected chi connectivity index (χ1v) is 9.48. The Bertz CT molecular complexity index is 486. The molecule has 3 nitrogen and oxygen atoms in total. The third kappa shape index (κ3) is 5.07. The first-order valence-electron chi connectivity index (χ1n) is 6.67. The monoisotopic (exact) mass is 301 g/mol. The van der Waals surface area contributed by atoms with Crippen LogP contribution in [0.2, 0.25) is 0 Å². The molecule has 1 rings (SSSR count). The fourth-order valence-electron chi connectivity index (χ4n) is 1.84. The van der Waals surface area contributed by atoms with E-state index in [1.54, 1.807) is 12.1 Å². The lowest BCUT2D eigenvalue weighted by Gasteiger charge is -2.17. The van der Waals surface area contributed by atoms with Crippen molar-refractivity contribution in [2.75, 3.05) is 22.6 Å². The summed E-state index contributed by atoms with van der Waals surface area (Å²) in [6.45, 7) is 6.08. The Morgan fingerprint density at radius 3 is 2.58 bits per heavy atom. The van der Waals surface area contributed by atoms with Crippen LogP contribution in [0, 0.1) is 0 Å². The van der Waals surface area contributed by atoms with Gasteiger partial charge in [-0.05, 0) is 31.2 Å². The molecule has 0 heterocycles. The van der Waals surface area contributed by atoms with Crippen molar-refractivity contribution in [2.24, 2.45) is 0 Å². The van der Waals surface area contributed by atoms with Crippen molar-refractivity contribution < 1.29 is 8.42 Å². The van der Waals surface area contributed by atoms with E-state index in [0.717, 1.165) is 17.2 Å². The Morgan fingerprint density at radius 2 is 1.95 bits per heavy atom. The van der Waals surface area contributed by atoms with E-state index < -0.39 is 9.84 Å². The number of sulfone groups is 1. The topological polar surface area (TPSA) is 46.2 Å². The summed E-state index contributed by atoms with van der Waals surface area (Å²) in [5.74, 6) is 2.24. The van der Waals surface area contributed by atoms with Gasteiger partial charge in [-0.15, -0.1) is 0 Å². The number of thioether (sulfide) groups is 1. The van der Waals surface area contributed by atoms with Gasteiger partial charge in [-0.3, -0.25) is 0 Å². The van der Waals surface area contributed by atoms with Gasteiger partial charge in [0, 0.05) is 11.8 Å². The minimum absolute atomic E-state index is 0.198. The van der Waals surface area contributed by atoms with Crippen LogP contribution in [0.3, 0.4) is 0 Å². The van der Waals surface area contributed by atoms with Crippen LogP contribution >= 0.6 is 11.8 Å². The number of nitrogens with one attached hydrogen (secondary N) is 1. The molecule has 108 valence electrons. The average Bonchev–Trinajstić information content (AvgIpc) is 2.36. The normalized spacial score (nSPS) is 13.2. The zero-order valence-corrected chi connectivity index (χ0v) is 13.5. The van der Waals surface area contributed by atoms with Gasteiger partial charge < -0.3 is 5.32 Å².